The third kappa shape index (κ3) is 4.78. The monoisotopic (exact) mass is 352 g/mol. The van der Waals surface area contributed by atoms with E-state index >= 15 is 0 Å². The summed E-state index contributed by atoms with van der Waals surface area (Å²) in [5, 5.41) is 3.54. The molecule has 2 nitrogen and oxygen atoms in total. The van der Waals surface area contributed by atoms with Crippen LogP contribution >= 0.6 is 24.2 Å². The van der Waals surface area contributed by atoms with Gasteiger partial charge in [-0.05, 0) is 61.3 Å². The highest BCUT2D eigenvalue weighted by Gasteiger charge is 2.32. The molecule has 2 aliphatic heterocycles. The molecule has 0 spiro atoms. The minimum absolute atomic E-state index is 0. The molecule has 2 atom stereocenters. The molecular weight excluding hydrogens is 333 g/mol. The number of fused-ring (bicyclic) bond motifs is 1. The van der Waals surface area contributed by atoms with Crippen LogP contribution in [0.4, 0.5) is 13.2 Å². The minimum atomic E-state index is -4.21. The largest absolute Gasteiger partial charge is 0.446 e. The summed E-state index contributed by atoms with van der Waals surface area (Å²) < 4.78 is 36.9. The van der Waals surface area contributed by atoms with Gasteiger partial charge in [-0.15, -0.1) is 12.4 Å². The maximum atomic E-state index is 12.3. The molecule has 0 aliphatic carbocycles. The minimum Gasteiger partial charge on any atom is -0.314 e. The summed E-state index contributed by atoms with van der Waals surface area (Å²) in [6.07, 6.45) is 2.41. The number of hydrogen-bond donors (Lipinski definition) is 1. The average molecular weight is 353 g/mol. The Morgan fingerprint density at radius 2 is 1.91 bits per heavy atom. The third-order valence-electron chi connectivity index (χ3n) is 4.30. The van der Waals surface area contributed by atoms with E-state index in [4.69, 9.17) is 0 Å². The van der Waals surface area contributed by atoms with Crippen molar-refractivity contribution in [3.8, 4) is 0 Å². The number of piperidine rings is 1. The number of halogens is 4. The lowest BCUT2D eigenvalue weighted by Gasteiger charge is -2.34. The van der Waals surface area contributed by atoms with E-state index in [2.05, 4.69) is 10.2 Å². The van der Waals surface area contributed by atoms with E-state index in [0.29, 0.717) is 6.04 Å². The number of hydrogen-bond acceptors (Lipinski definition) is 3. The standard InChI is InChI=1S/C15H19F3N2S.ClH/c16-15(17,18)21-13-3-1-11(2-4-13)9-20-8-6-14-12(10-20)5-7-19-14;/h1-4,12,14,19H,5-10H2;1H. The Kier molecular flexibility index (Phi) is 6.05. The topological polar surface area (TPSA) is 15.3 Å². The van der Waals surface area contributed by atoms with Gasteiger partial charge in [-0.2, -0.15) is 13.2 Å². The highest BCUT2D eigenvalue weighted by Crippen LogP contribution is 2.36. The van der Waals surface area contributed by atoms with E-state index in [1.165, 1.54) is 12.8 Å². The van der Waals surface area contributed by atoms with Crippen LogP contribution in [0.5, 0.6) is 0 Å². The molecule has 1 aromatic carbocycles. The van der Waals surface area contributed by atoms with Gasteiger partial charge in [-0.3, -0.25) is 4.90 Å². The molecule has 7 heteroatoms. The summed E-state index contributed by atoms with van der Waals surface area (Å²) in [5.74, 6) is 0.735. The molecule has 3 rings (SSSR count). The van der Waals surface area contributed by atoms with Gasteiger partial charge in [-0.25, -0.2) is 0 Å². The number of rotatable bonds is 3. The second-order valence-corrected chi connectivity index (χ2v) is 6.96. The summed E-state index contributed by atoms with van der Waals surface area (Å²) in [7, 11) is 0. The van der Waals surface area contributed by atoms with E-state index < -0.39 is 5.51 Å². The molecule has 1 N–H and O–H groups in total. The first kappa shape index (κ1) is 17.9. The molecule has 2 unspecified atom stereocenters. The van der Waals surface area contributed by atoms with Gasteiger partial charge >= 0.3 is 5.51 Å². The summed E-state index contributed by atoms with van der Waals surface area (Å²) >= 11 is -0.0538. The number of likely N-dealkylation sites (tertiary alicyclic amines) is 1. The molecule has 22 heavy (non-hydrogen) atoms. The van der Waals surface area contributed by atoms with Crippen LogP contribution in [-0.2, 0) is 6.54 Å². The summed E-state index contributed by atoms with van der Waals surface area (Å²) in [5.41, 5.74) is -3.12. The van der Waals surface area contributed by atoms with E-state index in [0.717, 1.165) is 37.7 Å². The van der Waals surface area contributed by atoms with Gasteiger partial charge in [0.25, 0.3) is 0 Å². The quantitative estimate of drug-likeness (QED) is 0.830. The first-order valence-corrected chi connectivity index (χ1v) is 8.12. The SMILES string of the molecule is Cl.FC(F)(F)Sc1ccc(CN2CCC3NCCC3C2)cc1. The lowest BCUT2D eigenvalue weighted by atomic mass is 9.93. The Morgan fingerprint density at radius 3 is 2.59 bits per heavy atom. The van der Waals surface area contributed by atoms with E-state index in [1.807, 2.05) is 12.1 Å². The van der Waals surface area contributed by atoms with Crippen LogP contribution in [0.15, 0.2) is 29.2 Å². The Bertz CT molecular complexity index is 481. The maximum absolute atomic E-state index is 12.3. The van der Waals surface area contributed by atoms with E-state index in [1.54, 1.807) is 12.1 Å². The molecule has 0 saturated carbocycles. The molecule has 0 aromatic heterocycles. The van der Waals surface area contributed by atoms with Gasteiger partial charge < -0.3 is 5.32 Å². The Hall–Kier alpha value is -0.430. The van der Waals surface area contributed by atoms with Crippen LogP contribution in [0.1, 0.15) is 18.4 Å². The predicted octanol–water partition coefficient (Wildman–Crippen LogP) is 3.90. The van der Waals surface area contributed by atoms with Crippen molar-refractivity contribution >= 4 is 24.2 Å². The fraction of sp³-hybridized carbons (Fsp3) is 0.600. The smallest absolute Gasteiger partial charge is 0.314 e. The lowest BCUT2D eigenvalue weighted by molar-refractivity contribution is -0.0328. The number of nitrogens with zero attached hydrogens (tertiary/aromatic N) is 1. The molecule has 2 fully saturated rings. The molecule has 124 valence electrons. The van der Waals surface area contributed by atoms with Crippen LogP contribution in [-0.4, -0.2) is 36.1 Å². The van der Waals surface area contributed by atoms with E-state index in [9.17, 15) is 13.2 Å². The number of nitrogens with one attached hydrogen (secondary N) is 1. The molecule has 2 saturated heterocycles. The number of thioether (sulfide) groups is 1. The van der Waals surface area contributed by atoms with Crippen LogP contribution in [0.2, 0.25) is 0 Å². The predicted molar refractivity (Wildman–Crippen MR) is 85.4 cm³/mol. The zero-order valence-electron chi connectivity index (χ0n) is 12.1. The highest BCUT2D eigenvalue weighted by molar-refractivity contribution is 8.00. The fourth-order valence-corrected chi connectivity index (χ4v) is 3.86. The van der Waals surface area contributed by atoms with Crippen LogP contribution in [0.25, 0.3) is 0 Å². The van der Waals surface area contributed by atoms with Gasteiger partial charge in [0.2, 0.25) is 0 Å². The zero-order chi connectivity index (χ0) is 14.9. The first-order chi connectivity index (χ1) is 9.99. The summed E-state index contributed by atoms with van der Waals surface area (Å²) in [6.45, 7) is 4.11. The first-order valence-electron chi connectivity index (χ1n) is 7.30. The molecule has 2 heterocycles. The van der Waals surface area contributed by atoms with Crippen molar-refractivity contribution in [2.75, 3.05) is 19.6 Å². The molecule has 2 aliphatic rings. The molecule has 0 bridgehead atoms. The van der Waals surface area contributed by atoms with Gasteiger partial charge in [0.05, 0.1) is 0 Å². The van der Waals surface area contributed by atoms with Gasteiger partial charge in [0.1, 0.15) is 0 Å². The average Bonchev–Trinajstić information content (AvgIpc) is 2.87. The Labute approximate surface area is 139 Å². The van der Waals surface area contributed by atoms with Crippen molar-refractivity contribution < 1.29 is 13.2 Å². The molecular formula is C15H20ClF3N2S. The van der Waals surface area contributed by atoms with Gasteiger partial charge in [-0.1, -0.05) is 12.1 Å². The van der Waals surface area contributed by atoms with Gasteiger partial charge in [0.15, 0.2) is 0 Å². The summed E-state index contributed by atoms with van der Waals surface area (Å²) in [4.78, 5) is 2.67. The van der Waals surface area contributed by atoms with Crippen molar-refractivity contribution in [1.29, 1.82) is 0 Å². The van der Waals surface area contributed by atoms with Crippen LogP contribution in [0, 0.1) is 5.92 Å². The normalized spacial score (nSPS) is 25.6. The molecule has 1 aromatic rings. The highest BCUT2D eigenvalue weighted by atomic mass is 35.5. The molecule has 0 radical (unpaired) electrons. The number of alkyl halides is 3. The van der Waals surface area contributed by atoms with Gasteiger partial charge in [0, 0.05) is 24.0 Å². The van der Waals surface area contributed by atoms with Crippen molar-refractivity contribution in [2.45, 2.75) is 35.8 Å². The lowest BCUT2D eigenvalue weighted by Crippen LogP contribution is -2.43. The van der Waals surface area contributed by atoms with Crippen molar-refractivity contribution in [1.82, 2.24) is 10.2 Å². The maximum Gasteiger partial charge on any atom is 0.446 e. The Morgan fingerprint density at radius 1 is 1.18 bits per heavy atom. The fourth-order valence-electron chi connectivity index (χ4n) is 3.32. The van der Waals surface area contributed by atoms with Crippen LogP contribution < -0.4 is 5.32 Å². The second-order valence-electron chi connectivity index (χ2n) is 5.82. The van der Waals surface area contributed by atoms with E-state index in [-0.39, 0.29) is 29.1 Å². The zero-order valence-corrected chi connectivity index (χ0v) is 13.7. The van der Waals surface area contributed by atoms with Crippen molar-refractivity contribution in [3.05, 3.63) is 29.8 Å². The number of benzene rings is 1. The van der Waals surface area contributed by atoms with Crippen LogP contribution in [0.3, 0.4) is 0 Å². The summed E-state index contributed by atoms with van der Waals surface area (Å²) in [6, 6.07) is 7.43. The second kappa shape index (κ2) is 7.43. The Balaban J connectivity index is 0.00000176. The van der Waals surface area contributed by atoms with Crippen molar-refractivity contribution in [3.63, 3.8) is 0 Å². The van der Waals surface area contributed by atoms with Crippen molar-refractivity contribution in [2.24, 2.45) is 5.92 Å². The third-order valence-corrected chi connectivity index (χ3v) is 5.04. The molecule has 0 amide bonds.